The molecule has 0 nitrogen and oxygen atoms in total. The smallest absolute Gasteiger partial charge is 0.00604 e. The average Bonchev–Trinajstić information content (AvgIpc) is 2.54. The molecule has 0 heterocycles. The van der Waals surface area contributed by atoms with E-state index >= 15 is 0 Å². The van der Waals surface area contributed by atoms with E-state index in [0.717, 1.165) is 6.42 Å². The normalized spacial score (nSPS) is 17.9. The molecule has 0 saturated carbocycles. The summed E-state index contributed by atoms with van der Waals surface area (Å²) in [6.07, 6.45) is 7.91. The Morgan fingerprint density at radius 1 is 1.07 bits per heavy atom. The maximum atomic E-state index is 2.32. The molecule has 1 aromatic rings. The van der Waals surface area contributed by atoms with Gasteiger partial charge in [-0.2, -0.15) is 0 Å². The molecule has 0 unspecified atom stereocenters. The van der Waals surface area contributed by atoms with Gasteiger partial charge in [-0.25, -0.2) is 0 Å². The topological polar surface area (TPSA) is 0 Å². The minimum absolute atomic E-state index is 1.11. The summed E-state index contributed by atoms with van der Waals surface area (Å²) in [6.45, 7) is 2.19. The van der Waals surface area contributed by atoms with Crippen molar-refractivity contribution < 1.29 is 0 Å². The highest BCUT2D eigenvalue weighted by Gasteiger charge is 2.19. The van der Waals surface area contributed by atoms with E-state index in [1.165, 1.54) is 27.8 Å². The zero-order chi connectivity index (χ0) is 9.54. The Labute approximate surface area is 84.3 Å². The Kier molecular flexibility index (Phi) is 1.51. The predicted molar refractivity (Wildman–Crippen MR) is 60.8 cm³/mol. The van der Waals surface area contributed by atoms with Crippen molar-refractivity contribution >= 4 is 11.6 Å². The van der Waals surface area contributed by atoms with E-state index < -0.39 is 0 Å². The van der Waals surface area contributed by atoms with Crippen LogP contribution in [0.1, 0.15) is 24.5 Å². The molecule has 0 saturated heterocycles. The first-order chi connectivity index (χ1) is 6.84. The molecule has 0 atom stereocenters. The Bertz CT molecular complexity index is 485. The van der Waals surface area contributed by atoms with Gasteiger partial charge in [0, 0.05) is 0 Å². The van der Waals surface area contributed by atoms with Gasteiger partial charge in [0.15, 0.2) is 0 Å². The van der Waals surface area contributed by atoms with Gasteiger partial charge in [-0.05, 0) is 35.6 Å². The minimum atomic E-state index is 1.11. The van der Waals surface area contributed by atoms with E-state index in [-0.39, 0.29) is 0 Å². The van der Waals surface area contributed by atoms with Crippen LogP contribution in [0.2, 0.25) is 0 Å². The van der Waals surface area contributed by atoms with Crippen LogP contribution in [0, 0.1) is 0 Å². The Balaban J connectivity index is 2.21. The lowest BCUT2D eigenvalue weighted by Gasteiger charge is -2.11. The Morgan fingerprint density at radius 2 is 1.93 bits per heavy atom. The molecule has 0 fully saturated rings. The van der Waals surface area contributed by atoms with Crippen LogP contribution < -0.4 is 0 Å². The highest BCUT2D eigenvalue weighted by Crippen LogP contribution is 2.40. The minimum Gasteiger partial charge on any atom is -0.0689 e. The van der Waals surface area contributed by atoms with Gasteiger partial charge in [0.05, 0.1) is 0 Å². The lowest BCUT2D eigenvalue weighted by Crippen LogP contribution is -1.90. The fraction of sp³-hybridized carbons (Fsp3) is 0.143. The van der Waals surface area contributed by atoms with Crippen LogP contribution in [0.4, 0.5) is 0 Å². The number of allylic oxidation sites excluding steroid dienone is 5. The van der Waals surface area contributed by atoms with Crippen LogP contribution >= 0.6 is 0 Å². The molecular formula is C14H12. The summed E-state index contributed by atoms with van der Waals surface area (Å²) < 4.78 is 0. The third-order valence-electron chi connectivity index (χ3n) is 2.93. The molecule has 0 aromatic heterocycles. The van der Waals surface area contributed by atoms with Gasteiger partial charge < -0.3 is 0 Å². The van der Waals surface area contributed by atoms with E-state index in [1.54, 1.807) is 0 Å². The van der Waals surface area contributed by atoms with Gasteiger partial charge in [-0.3, -0.25) is 0 Å². The first-order valence-electron chi connectivity index (χ1n) is 5.02. The lowest BCUT2D eigenvalue weighted by atomic mass is 9.93. The molecule has 0 heteroatoms. The summed E-state index contributed by atoms with van der Waals surface area (Å²) in [5.41, 5.74) is 7.12. The maximum absolute atomic E-state index is 2.32. The van der Waals surface area contributed by atoms with Crippen molar-refractivity contribution in [1.82, 2.24) is 0 Å². The standard InChI is InChI=1S/C14H12/c1-10-6-7-14-12(8-10)9-11-4-2-3-5-13(11)14/h2-7,9H,8H2,1H3. The molecule has 0 aliphatic heterocycles. The second-order valence-corrected chi connectivity index (χ2v) is 4.03. The molecule has 0 radical (unpaired) electrons. The summed E-state index contributed by atoms with van der Waals surface area (Å²) >= 11 is 0. The zero-order valence-corrected chi connectivity index (χ0v) is 8.25. The van der Waals surface area contributed by atoms with Crippen molar-refractivity contribution in [2.45, 2.75) is 13.3 Å². The van der Waals surface area contributed by atoms with Crippen molar-refractivity contribution in [1.29, 1.82) is 0 Å². The Morgan fingerprint density at radius 3 is 2.86 bits per heavy atom. The molecule has 14 heavy (non-hydrogen) atoms. The first-order valence-corrected chi connectivity index (χ1v) is 5.02. The van der Waals surface area contributed by atoms with E-state index in [9.17, 15) is 0 Å². The van der Waals surface area contributed by atoms with Gasteiger partial charge in [-0.1, -0.05) is 48.1 Å². The monoisotopic (exact) mass is 180 g/mol. The second kappa shape index (κ2) is 2.71. The van der Waals surface area contributed by atoms with Crippen molar-refractivity contribution in [3.05, 3.63) is 58.7 Å². The summed E-state index contributed by atoms with van der Waals surface area (Å²) in [6, 6.07) is 8.62. The Hall–Kier alpha value is -1.56. The van der Waals surface area contributed by atoms with Crippen LogP contribution in [0.3, 0.4) is 0 Å². The van der Waals surface area contributed by atoms with Crippen molar-refractivity contribution in [3.63, 3.8) is 0 Å². The number of hydrogen-bond acceptors (Lipinski definition) is 0. The van der Waals surface area contributed by atoms with Crippen LogP contribution in [0.5, 0.6) is 0 Å². The van der Waals surface area contributed by atoms with E-state index in [2.05, 4.69) is 49.4 Å². The third kappa shape index (κ3) is 1.00. The van der Waals surface area contributed by atoms with Gasteiger partial charge in [0.25, 0.3) is 0 Å². The highest BCUT2D eigenvalue weighted by molar-refractivity contribution is 5.96. The van der Waals surface area contributed by atoms with Gasteiger partial charge in [0.1, 0.15) is 0 Å². The van der Waals surface area contributed by atoms with Gasteiger partial charge in [-0.15, -0.1) is 0 Å². The average molecular weight is 180 g/mol. The summed E-state index contributed by atoms with van der Waals surface area (Å²) in [5, 5.41) is 0. The molecule has 68 valence electrons. The van der Waals surface area contributed by atoms with Crippen LogP contribution in [0.15, 0.2) is 47.6 Å². The maximum Gasteiger partial charge on any atom is -0.00604 e. The molecular weight excluding hydrogens is 168 g/mol. The lowest BCUT2D eigenvalue weighted by molar-refractivity contribution is 1.16. The molecule has 0 spiro atoms. The second-order valence-electron chi connectivity index (χ2n) is 4.03. The van der Waals surface area contributed by atoms with Crippen LogP contribution in [-0.4, -0.2) is 0 Å². The molecule has 0 amide bonds. The molecule has 0 bridgehead atoms. The summed E-state index contributed by atoms with van der Waals surface area (Å²) in [4.78, 5) is 0. The van der Waals surface area contributed by atoms with Gasteiger partial charge in [0.2, 0.25) is 0 Å². The largest absolute Gasteiger partial charge is 0.0689 e. The van der Waals surface area contributed by atoms with Crippen LogP contribution in [0.25, 0.3) is 11.6 Å². The fourth-order valence-corrected chi connectivity index (χ4v) is 2.23. The van der Waals surface area contributed by atoms with E-state index in [0.29, 0.717) is 0 Å². The van der Waals surface area contributed by atoms with Crippen molar-refractivity contribution in [2.24, 2.45) is 0 Å². The molecule has 2 aliphatic rings. The molecule has 2 aliphatic carbocycles. The fourth-order valence-electron chi connectivity index (χ4n) is 2.23. The number of benzene rings is 1. The number of rotatable bonds is 0. The predicted octanol–water partition coefficient (Wildman–Crippen LogP) is 3.82. The summed E-state index contributed by atoms with van der Waals surface area (Å²) in [5.74, 6) is 0. The van der Waals surface area contributed by atoms with E-state index in [1.807, 2.05) is 0 Å². The quantitative estimate of drug-likeness (QED) is 0.569. The SMILES string of the molecule is CC1=CC=C2C(=Cc3ccccc32)C1. The van der Waals surface area contributed by atoms with Crippen LogP contribution in [-0.2, 0) is 0 Å². The van der Waals surface area contributed by atoms with E-state index in [4.69, 9.17) is 0 Å². The van der Waals surface area contributed by atoms with Gasteiger partial charge >= 0.3 is 0 Å². The third-order valence-corrected chi connectivity index (χ3v) is 2.93. The molecule has 1 aromatic carbocycles. The number of fused-ring (bicyclic) bond motifs is 3. The molecule has 3 rings (SSSR count). The van der Waals surface area contributed by atoms with Crippen molar-refractivity contribution in [2.75, 3.05) is 0 Å². The number of hydrogen-bond donors (Lipinski definition) is 0. The zero-order valence-electron chi connectivity index (χ0n) is 8.25. The highest BCUT2D eigenvalue weighted by atomic mass is 14.2. The van der Waals surface area contributed by atoms with Crippen molar-refractivity contribution in [3.8, 4) is 0 Å². The summed E-state index contributed by atoms with van der Waals surface area (Å²) in [7, 11) is 0. The first kappa shape index (κ1) is 7.81. The molecule has 0 N–H and O–H groups in total.